The summed E-state index contributed by atoms with van der Waals surface area (Å²) in [5.74, 6) is -0.846. The summed E-state index contributed by atoms with van der Waals surface area (Å²) in [4.78, 5) is 24.1. The van der Waals surface area contributed by atoms with E-state index in [4.69, 9.17) is 5.11 Å². The first-order valence-corrected chi connectivity index (χ1v) is 6.95. The largest absolute Gasteiger partial charge is 0.481 e. The zero-order valence-electron chi connectivity index (χ0n) is 10.8. The summed E-state index contributed by atoms with van der Waals surface area (Å²) in [5.41, 5.74) is 1.17. The number of carbonyl (C=O) groups excluding carboxylic acids is 1. The molecule has 0 aliphatic rings. The molecule has 0 aromatic carbocycles. The maximum atomic E-state index is 11.8. The van der Waals surface area contributed by atoms with Crippen molar-refractivity contribution < 1.29 is 14.7 Å². The van der Waals surface area contributed by atoms with Crippen molar-refractivity contribution in [2.45, 2.75) is 39.5 Å². The Morgan fingerprint density at radius 2 is 2.11 bits per heavy atom. The van der Waals surface area contributed by atoms with Gasteiger partial charge in [-0.3, -0.25) is 9.59 Å². The van der Waals surface area contributed by atoms with Crippen LogP contribution in [0.5, 0.6) is 0 Å². The molecule has 1 heterocycles. The SMILES string of the molecule is CCc1sc(C(=O)NCCCCC(=O)O)cc1C. The number of nitrogens with one attached hydrogen (secondary N) is 1. The van der Waals surface area contributed by atoms with Gasteiger partial charge in [0.05, 0.1) is 4.88 Å². The van der Waals surface area contributed by atoms with Crippen molar-refractivity contribution >= 4 is 23.2 Å². The molecule has 0 radical (unpaired) electrons. The predicted octanol–water partition coefficient (Wildman–Crippen LogP) is 2.60. The van der Waals surface area contributed by atoms with Crippen LogP contribution in [-0.4, -0.2) is 23.5 Å². The van der Waals surface area contributed by atoms with Gasteiger partial charge in [0.25, 0.3) is 5.91 Å². The van der Waals surface area contributed by atoms with E-state index < -0.39 is 5.97 Å². The van der Waals surface area contributed by atoms with E-state index in [0.29, 0.717) is 19.4 Å². The maximum Gasteiger partial charge on any atom is 0.303 e. The van der Waals surface area contributed by atoms with Gasteiger partial charge in [-0.05, 0) is 37.8 Å². The minimum Gasteiger partial charge on any atom is -0.481 e. The number of rotatable bonds is 7. The van der Waals surface area contributed by atoms with Crippen LogP contribution in [0.1, 0.15) is 46.3 Å². The topological polar surface area (TPSA) is 66.4 Å². The fourth-order valence-corrected chi connectivity index (χ4v) is 2.70. The molecular formula is C13H19NO3S. The van der Waals surface area contributed by atoms with Crippen molar-refractivity contribution in [1.29, 1.82) is 0 Å². The van der Waals surface area contributed by atoms with Gasteiger partial charge in [0.1, 0.15) is 0 Å². The lowest BCUT2D eigenvalue weighted by Crippen LogP contribution is -2.23. The molecule has 18 heavy (non-hydrogen) atoms. The Kier molecular flexibility index (Phi) is 5.85. The first kappa shape index (κ1) is 14.7. The van der Waals surface area contributed by atoms with E-state index in [1.165, 1.54) is 21.8 Å². The van der Waals surface area contributed by atoms with Gasteiger partial charge in [-0.15, -0.1) is 11.3 Å². The third-order valence-corrected chi connectivity index (χ3v) is 4.05. The summed E-state index contributed by atoms with van der Waals surface area (Å²) < 4.78 is 0. The molecule has 0 fully saturated rings. The average molecular weight is 269 g/mol. The number of aliphatic carboxylic acids is 1. The lowest BCUT2D eigenvalue weighted by Gasteiger charge is -2.02. The molecule has 1 amide bonds. The molecule has 0 aliphatic heterocycles. The van der Waals surface area contributed by atoms with E-state index in [1.54, 1.807) is 0 Å². The highest BCUT2D eigenvalue weighted by molar-refractivity contribution is 7.14. The Labute approximate surface area is 111 Å². The number of thiophene rings is 1. The van der Waals surface area contributed by atoms with Crippen LogP contribution >= 0.6 is 11.3 Å². The van der Waals surface area contributed by atoms with E-state index in [0.717, 1.165) is 11.3 Å². The molecule has 0 atom stereocenters. The second-order valence-electron chi connectivity index (χ2n) is 4.18. The van der Waals surface area contributed by atoms with E-state index in [2.05, 4.69) is 12.2 Å². The van der Waals surface area contributed by atoms with Gasteiger partial charge in [0.2, 0.25) is 0 Å². The first-order valence-electron chi connectivity index (χ1n) is 6.14. The first-order chi connectivity index (χ1) is 8.54. The lowest BCUT2D eigenvalue weighted by molar-refractivity contribution is -0.137. The Morgan fingerprint density at radius 1 is 1.39 bits per heavy atom. The summed E-state index contributed by atoms with van der Waals surface area (Å²) in [5, 5.41) is 11.3. The molecule has 5 heteroatoms. The summed E-state index contributed by atoms with van der Waals surface area (Å²) in [6, 6.07) is 1.91. The fourth-order valence-electron chi connectivity index (χ4n) is 1.67. The fraction of sp³-hybridized carbons (Fsp3) is 0.538. The van der Waals surface area contributed by atoms with Crippen molar-refractivity contribution in [2.75, 3.05) is 6.54 Å². The Hall–Kier alpha value is -1.36. The van der Waals surface area contributed by atoms with Crippen molar-refractivity contribution in [1.82, 2.24) is 5.32 Å². The Morgan fingerprint density at radius 3 is 2.67 bits per heavy atom. The van der Waals surface area contributed by atoms with Gasteiger partial charge in [-0.25, -0.2) is 0 Å². The highest BCUT2D eigenvalue weighted by Gasteiger charge is 2.10. The maximum absolute atomic E-state index is 11.8. The number of aryl methyl sites for hydroxylation is 2. The van der Waals surface area contributed by atoms with E-state index in [1.807, 2.05) is 13.0 Å². The molecule has 1 aromatic rings. The minimum atomic E-state index is -0.789. The number of unbranched alkanes of at least 4 members (excludes halogenated alkanes) is 1. The van der Waals surface area contributed by atoms with Gasteiger partial charge in [0, 0.05) is 17.8 Å². The zero-order valence-corrected chi connectivity index (χ0v) is 11.6. The van der Waals surface area contributed by atoms with Gasteiger partial charge in [-0.1, -0.05) is 6.92 Å². The van der Waals surface area contributed by atoms with Crippen molar-refractivity contribution in [3.63, 3.8) is 0 Å². The highest BCUT2D eigenvalue weighted by atomic mass is 32.1. The lowest BCUT2D eigenvalue weighted by atomic mass is 10.2. The van der Waals surface area contributed by atoms with Gasteiger partial charge in [0.15, 0.2) is 0 Å². The third-order valence-electron chi connectivity index (χ3n) is 2.67. The summed E-state index contributed by atoms with van der Waals surface area (Å²) in [6.07, 6.45) is 2.40. The van der Waals surface area contributed by atoms with Crippen LogP contribution in [0.25, 0.3) is 0 Å². The standard InChI is InChI=1S/C13H19NO3S/c1-3-10-9(2)8-11(18-10)13(17)14-7-5-4-6-12(15)16/h8H,3-7H2,1-2H3,(H,14,17)(H,15,16). The number of amides is 1. The normalized spacial score (nSPS) is 10.3. The highest BCUT2D eigenvalue weighted by Crippen LogP contribution is 2.22. The molecule has 0 spiro atoms. The quantitative estimate of drug-likeness (QED) is 0.748. The van der Waals surface area contributed by atoms with Crippen LogP contribution < -0.4 is 5.32 Å². The average Bonchev–Trinajstić information content (AvgIpc) is 2.69. The van der Waals surface area contributed by atoms with Gasteiger partial charge in [-0.2, -0.15) is 0 Å². The van der Waals surface area contributed by atoms with Gasteiger partial charge < -0.3 is 10.4 Å². The van der Waals surface area contributed by atoms with Crippen LogP contribution in [-0.2, 0) is 11.2 Å². The van der Waals surface area contributed by atoms with Crippen molar-refractivity contribution in [2.24, 2.45) is 0 Å². The zero-order chi connectivity index (χ0) is 13.5. The summed E-state index contributed by atoms with van der Waals surface area (Å²) in [7, 11) is 0. The van der Waals surface area contributed by atoms with Crippen LogP contribution in [0.3, 0.4) is 0 Å². The van der Waals surface area contributed by atoms with Gasteiger partial charge >= 0.3 is 5.97 Å². The molecule has 0 saturated heterocycles. The van der Waals surface area contributed by atoms with E-state index in [9.17, 15) is 9.59 Å². The number of carbonyl (C=O) groups is 2. The van der Waals surface area contributed by atoms with Crippen LogP contribution in [0.4, 0.5) is 0 Å². The molecule has 0 aliphatic carbocycles. The van der Waals surface area contributed by atoms with Crippen LogP contribution in [0, 0.1) is 6.92 Å². The van der Waals surface area contributed by atoms with Crippen molar-refractivity contribution in [3.05, 3.63) is 21.4 Å². The predicted molar refractivity (Wildman–Crippen MR) is 72.3 cm³/mol. The molecule has 0 unspecified atom stereocenters. The molecule has 0 saturated carbocycles. The van der Waals surface area contributed by atoms with Crippen molar-refractivity contribution in [3.8, 4) is 0 Å². The molecule has 4 nitrogen and oxygen atoms in total. The molecule has 100 valence electrons. The van der Waals surface area contributed by atoms with E-state index in [-0.39, 0.29) is 12.3 Å². The minimum absolute atomic E-state index is 0.0573. The van der Waals surface area contributed by atoms with E-state index >= 15 is 0 Å². The molecule has 1 rings (SSSR count). The monoisotopic (exact) mass is 269 g/mol. The van der Waals surface area contributed by atoms with Crippen LogP contribution in [0.15, 0.2) is 6.07 Å². The number of hydrogen-bond donors (Lipinski definition) is 2. The molecular weight excluding hydrogens is 250 g/mol. The number of hydrogen-bond acceptors (Lipinski definition) is 3. The molecule has 1 aromatic heterocycles. The third kappa shape index (κ3) is 4.49. The molecule has 0 bridgehead atoms. The second-order valence-corrected chi connectivity index (χ2v) is 5.31. The van der Waals surface area contributed by atoms with Crippen LogP contribution in [0.2, 0.25) is 0 Å². The number of carboxylic acid groups (broad SMARTS) is 1. The smallest absolute Gasteiger partial charge is 0.303 e. The Balaban J connectivity index is 2.34. The number of carboxylic acids is 1. The Bertz CT molecular complexity index is 426. The molecule has 2 N–H and O–H groups in total. The summed E-state index contributed by atoms with van der Waals surface area (Å²) >= 11 is 1.53. The second kappa shape index (κ2) is 7.16. The summed E-state index contributed by atoms with van der Waals surface area (Å²) in [6.45, 7) is 4.62.